The minimum Gasteiger partial charge on any atom is -0.301 e. The van der Waals surface area contributed by atoms with E-state index in [1.165, 1.54) is 11.8 Å². The summed E-state index contributed by atoms with van der Waals surface area (Å²) in [5.74, 6) is 1.11. The molecule has 3 aromatic rings. The van der Waals surface area contributed by atoms with E-state index in [0.29, 0.717) is 17.9 Å². The molecule has 0 aliphatic carbocycles. The van der Waals surface area contributed by atoms with Gasteiger partial charge in [0.05, 0.1) is 5.75 Å². The predicted octanol–water partition coefficient (Wildman–Crippen LogP) is 4.10. The van der Waals surface area contributed by atoms with Gasteiger partial charge in [-0.3, -0.25) is 9.78 Å². The Balaban J connectivity index is 1.75. The van der Waals surface area contributed by atoms with Gasteiger partial charge in [-0.25, -0.2) is 0 Å². The van der Waals surface area contributed by atoms with Crippen molar-refractivity contribution in [2.45, 2.75) is 18.6 Å². The van der Waals surface area contributed by atoms with E-state index in [2.05, 4.69) is 31.1 Å². The van der Waals surface area contributed by atoms with Gasteiger partial charge in [-0.2, -0.15) is 0 Å². The lowest BCUT2D eigenvalue weighted by Crippen LogP contribution is -2.05. The molecule has 0 spiro atoms. The maximum absolute atomic E-state index is 12.3. The number of Topliss-reactive ketones (excluding diaryl/α,β-unsaturated/α-hetero) is 1. The summed E-state index contributed by atoms with van der Waals surface area (Å²) in [6, 6.07) is 13.0. The summed E-state index contributed by atoms with van der Waals surface area (Å²) in [5, 5.41) is 9.18. The van der Waals surface area contributed by atoms with Gasteiger partial charge < -0.3 is 4.57 Å². The van der Waals surface area contributed by atoms with Crippen LogP contribution in [0.4, 0.5) is 0 Å². The molecular weight excluding hydrogens is 388 g/mol. The minimum absolute atomic E-state index is 0.0672. The number of hydrogen-bond acceptors (Lipinski definition) is 5. The molecule has 24 heavy (non-hydrogen) atoms. The fraction of sp³-hybridized carbons (Fsp3) is 0.176. The molecule has 7 heteroatoms. The van der Waals surface area contributed by atoms with Crippen molar-refractivity contribution in [2.24, 2.45) is 0 Å². The number of rotatable bonds is 6. The van der Waals surface area contributed by atoms with E-state index < -0.39 is 0 Å². The number of aromatic nitrogens is 4. The second-order valence-corrected chi connectivity index (χ2v) is 6.84. The zero-order chi connectivity index (χ0) is 16.9. The van der Waals surface area contributed by atoms with Gasteiger partial charge in [0.15, 0.2) is 16.8 Å². The van der Waals surface area contributed by atoms with Gasteiger partial charge in [0, 0.05) is 22.8 Å². The maximum Gasteiger partial charge on any atom is 0.191 e. The molecule has 0 aliphatic heterocycles. The van der Waals surface area contributed by atoms with Gasteiger partial charge in [0.2, 0.25) is 0 Å². The zero-order valence-corrected chi connectivity index (χ0v) is 15.4. The van der Waals surface area contributed by atoms with Crippen molar-refractivity contribution in [3.05, 3.63) is 58.7 Å². The van der Waals surface area contributed by atoms with Crippen molar-refractivity contribution < 1.29 is 4.79 Å². The molecule has 0 atom stereocenters. The number of nitrogens with zero attached hydrogens (tertiary/aromatic N) is 4. The van der Waals surface area contributed by atoms with Crippen LogP contribution in [-0.2, 0) is 6.54 Å². The number of ketones is 1. The van der Waals surface area contributed by atoms with E-state index in [9.17, 15) is 4.79 Å². The molecule has 5 nitrogen and oxygen atoms in total. The highest BCUT2D eigenvalue weighted by molar-refractivity contribution is 9.10. The molecule has 0 unspecified atom stereocenters. The van der Waals surface area contributed by atoms with Crippen molar-refractivity contribution >= 4 is 33.5 Å². The standard InChI is InChI=1S/C17H15BrN4OS/c1-2-22-16(14-5-3-4-10-19-14)20-21-17(22)24-11-15(23)12-6-8-13(18)9-7-12/h3-10H,2,11H2,1H3. The van der Waals surface area contributed by atoms with Crippen LogP contribution in [0.5, 0.6) is 0 Å². The maximum atomic E-state index is 12.3. The SMILES string of the molecule is CCn1c(SCC(=O)c2ccc(Br)cc2)nnc1-c1ccccn1. The summed E-state index contributed by atoms with van der Waals surface area (Å²) in [6.07, 6.45) is 1.73. The molecule has 0 aliphatic rings. The molecule has 2 aromatic heterocycles. The Morgan fingerprint density at radius 1 is 1.17 bits per heavy atom. The Kier molecular flexibility index (Phi) is 5.42. The number of hydrogen-bond donors (Lipinski definition) is 0. The molecule has 2 heterocycles. The summed E-state index contributed by atoms with van der Waals surface area (Å²) < 4.78 is 2.93. The number of carbonyl (C=O) groups is 1. The largest absolute Gasteiger partial charge is 0.301 e. The molecule has 0 bridgehead atoms. The van der Waals surface area contributed by atoms with Crippen LogP contribution >= 0.6 is 27.7 Å². The van der Waals surface area contributed by atoms with E-state index in [1.807, 2.05) is 54.0 Å². The molecule has 0 saturated heterocycles. The Bertz CT molecular complexity index is 834. The van der Waals surface area contributed by atoms with Gasteiger partial charge in [-0.1, -0.05) is 45.9 Å². The summed E-state index contributed by atoms with van der Waals surface area (Å²) in [5.41, 5.74) is 1.47. The highest BCUT2D eigenvalue weighted by Crippen LogP contribution is 2.23. The highest BCUT2D eigenvalue weighted by Gasteiger charge is 2.15. The van der Waals surface area contributed by atoms with Gasteiger partial charge in [0.25, 0.3) is 0 Å². The van der Waals surface area contributed by atoms with Crippen LogP contribution in [0, 0.1) is 0 Å². The van der Waals surface area contributed by atoms with Crippen LogP contribution in [0.3, 0.4) is 0 Å². The lowest BCUT2D eigenvalue weighted by atomic mass is 10.2. The number of benzene rings is 1. The first-order valence-corrected chi connectivity index (χ1v) is 9.23. The summed E-state index contributed by atoms with van der Waals surface area (Å²) in [6.45, 7) is 2.74. The van der Waals surface area contributed by atoms with E-state index >= 15 is 0 Å². The van der Waals surface area contributed by atoms with Crippen molar-refractivity contribution in [1.29, 1.82) is 0 Å². The second kappa shape index (κ2) is 7.72. The van der Waals surface area contributed by atoms with E-state index in [1.54, 1.807) is 6.20 Å². The topological polar surface area (TPSA) is 60.7 Å². The molecule has 3 rings (SSSR count). The number of pyridine rings is 1. The molecule has 0 amide bonds. The number of thioether (sulfide) groups is 1. The van der Waals surface area contributed by atoms with Crippen LogP contribution in [0.1, 0.15) is 17.3 Å². The third-order valence-electron chi connectivity index (χ3n) is 3.43. The van der Waals surface area contributed by atoms with Crippen molar-refractivity contribution in [1.82, 2.24) is 19.7 Å². The van der Waals surface area contributed by atoms with Crippen molar-refractivity contribution in [3.63, 3.8) is 0 Å². The van der Waals surface area contributed by atoms with Gasteiger partial charge in [0.1, 0.15) is 5.69 Å². The molecular formula is C17H15BrN4OS. The Hall–Kier alpha value is -1.99. The average molecular weight is 403 g/mol. The molecule has 1 aromatic carbocycles. The summed E-state index contributed by atoms with van der Waals surface area (Å²) in [7, 11) is 0. The number of carbonyl (C=O) groups excluding carboxylic acids is 1. The summed E-state index contributed by atoms with van der Waals surface area (Å²) >= 11 is 4.76. The molecule has 0 radical (unpaired) electrons. The van der Waals surface area contributed by atoms with Crippen molar-refractivity contribution in [2.75, 3.05) is 5.75 Å². The third-order valence-corrected chi connectivity index (χ3v) is 4.92. The molecule has 0 fully saturated rings. The first-order valence-electron chi connectivity index (χ1n) is 7.45. The minimum atomic E-state index is 0.0672. The van der Waals surface area contributed by atoms with E-state index in [0.717, 1.165) is 21.1 Å². The lowest BCUT2D eigenvalue weighted by molar-refractivity contribution is 0.102. The van der Waals surface area contributed by atoms with Gasteiger partial charge in [-0.05, 0) is 31.2 Å². The van der Waals surface area contributed by atoms with Gasteiger partial charge in [-0.15, -0.1) is 10.2 Å². The highest BCUT2D eigenvalue weighted by atomic mass is 79.9. The Labute approximate surface area is 152 Å². The monoisotopic (exact) mass is 402 g/mol. The third kappa shape index (κ3) is 3.73. The second-order valence-electron chi connectivity index (χ2n) is 4.98. The Morgan fingerprint density at radius 3 is 2.62 bits per heavy atom. The van der Waals surface area contributed by atoms with Crippen LogP contribution in [-0.4, -0.2) is 31.3 Å². The van der Waals surface area contributed by atoms with Crippen LogP contribution in [0.15, 0.2) is 58.3 Å². The Morgan fingerprint density at radius 2 is 1.96 bits per heavy atom. The fourth-order valence-electron chi connectivity index (χ4n) is 2.21. The molecule has 0 saturated carbocycles. The first kappa shape index (κ1) is 16.9. The predicted molar refractivity (Wildman–Crippen MR) is 98.1 cm³/mol. The fourth-order valence-corrected chi connectivity index (χ4v) is 3.38. The normalized spacial score (nSPS) is 10.8. The quantitative estimate of drug-likeness (QED) is 0.458. The van der Waals surface area contributed by atoms with Crippen molar-refractivity contribution in [3.8, 4) is 11.5 Å². The van der Waals surface area contributed by atoms with Crippen LogP contribution in [0.25, 0.3) is 11.5 Å². The zero-order valence-electron chi connectivity index (χ0n) is 13.0. The molecule has 122 valence electrons. The average Bonchev–Trinajstić information content (AvgIpc) is 3.04. The lowest BCUT2D eigenvalue weighted by Gasteiger charge is -2.06. The van der Waals surface area contributed by atoms with E-state index in [-0.39, 0.29) is 5.78 Å². The number of halogens is 1. The van der Waals surface area contributed by atoms with E-state index in [4.69, 9.17) is 0 Å². The van der Waals surface area contributed by atoms with Crippen LogP contribution < -0.4 is 0 Å². The smallest absolute Gasteiger partial charge is 0.191 e. The van der Waals surface area contributed by atoms with Gasteiger partial charge >= 0.3 is 0 Å². The summed E-state index contributed by atoms with van der Waals surface area (Å²) in [4.78, 5) is 16.6. The molecule has 0 N–H and O–H groups in total. The van der Waals surface area contributed by atoms with Crippen LogP contribution in [0.2, 0.25) is 0 Å². The first-order chi connectivity index (χ1) is 11.7.